The third-order valence-corrected chi connectivity index (χ3v) is 7.95. The number of nitrogens with zero attached hydrogens (tertiary/aromatic N) is 8. The first-order valence-corrected chi connectivity index (χ1v) is 14.3. The molecular formula is C27H34Cl2N8O2. The Bertz CT molecular complexity index is 1230. The molecule has 2 aliphatic rings. The molecule has 39 heavy (non-hydrogen) atoms. The lowest BCUT2D eigenvalue weighted by molar-refractivity contribution is 0.0610. The normalized spacial score (nSPS) is 19.7. The minimum Gasteiger partial charge on any atom is -0.483 e. The Morgan fingerprint density at radius 2 is 1.87 bits per heavy atom. The molecule has 1 atom stereocenters. The van der Waals surface area contributed by atoms with Crippen molar-refractivity contribution in [3.63, 3.8) is 0 Å². The zero-order valence-electron chi connectivity index (χ0n) is 22.3. The summed E-state index contributed by atoms with van der Waals surface area (Å²) in [6.45, 7) is 10.4. The first kappa shape index (κ1) is 27.8. The second-order valence-corrected chi connectivity index (χ2v) is 10.6. The minimum absolute atomic E-state index is 0.207. The average molecular weight is 574 g/mol. The number of likely N-dealkylation sites (tertiary alicyclic amines) is 1. The third-order valence-electron chi connectivity index (χ3n) is 7.44. The summed E-state index contributed by atoms with van der Waals surface area (Å²) < 4.78 is 10.6. The SMILES string of the molecule is CCO/C=N\c1nc(N2CCN(C3CCN(Cc4ccc(Cl)cc4)CC3)[C@@H](CC)C2)c(Cl)nc1-c1nnco1. The van der Waals surface area contributed by atoms with Gasteiger partial charge in [0, 0.05) is 43.3 Å². The molecule has 12 heteroatoms. The minimum atomic E-state index is 0.207. The molecule has 0 spiro atoms. The van der Waals surface area contributed by atoms with E-state index in [-0.39, 0.29) is 11.0 Å². The molecule has 10 nitrogen and oxygen atoms in total. The summed E-state index contributed by atoms with van der Waals surface area (Å²) in [4.78, 5) is 21.1. The van der Waals surface area contributed by atoms with Crippen LogP contribution in [0.3, 0.4) is 0 Å². The van der Waals surface area contributed by atoms with E-state index >= 15 is 0 Å². The van der Waals surface area contributed by atoms with Gasteiger partial charge in [0.15, 0.2) is 28.9 Å². The number of hydrogen-bond acceptors (Lipinski definition) is 10. The molecular weight excluding hydrogens is 539 g/mol. The lowest BCUT2D eigenvalue weighted by atomic mass is 9.98. The van der Waals surface area contributed by atoms with Gasteiger partial charge in [0.25, 0.3) is 5.89 Å². The van der Waals surface area contributed by atoms with Crippen molar-refractivity contribution in [3.05, 3.63) is 46.4 Å². The van der Waals surface area contributed by atoms with Crippen LogP contribution < -0.4 is 4.90 Å². The first-order chi connectivity index (χ1) is 19.1. The second-order valence-electron chi connectivity index (χ2n) is 9.82. The van der Waals surface area contributed by atoms with Crippen molar-refractivity contribution in [3.8, 4) is 11.6 Å². The Hall–Kier alpha value is -2.79. The Morgan fingerprint density at radius 3 is 2.56 bits per heavy atom. The maximum atomic E-state index is 6.67. The number of aromatic nitrogens is 4. The van der Waals surface area contributed by atoms with E-state index in [2.05, 4.69) is 53.9 Å². The molecule has 0 amide bonds. The highest BCUT2D eigenvalue weighted by molar-refractivity contribution is 6.32. The van der Waals surface area contributed by atoms with Crippen molar-refractivity contribution in [1.29, 1.82) is 0 Å². The number of benzene rings is 1. The Morgan fingerprint density at radius 1 is 1.08 bits per heavy atom. The first-order valence-electron chi connectivity index (χ1n) is 13.5. The van der Waals surface area contributed by atoms with E-state index in [4.69, 9.17) is 37.3 Å². The van der Waals surface area contributed by atoms with Crippen molar-refractivity contribution in [2.24, 2.45) is 4.99 Å². The van der Waals surface area contributed by atoms with Gasteiger partial charge in [0.2, 0.25) is 6.39 Å². The predicted molar refractivity (Wildman–Crippen MR) is 153 cm³/mol. The summed E-state index contributed by atoms with van der Waals surface area (Å²) in [6, 6.07) is 9.16. The molecule has 0 radical (unpaired) electrons. The van der Waals surface area contributed by atoms with Gasteiger partial charge in [-0.15, -0.1) is 10.2 Å². The average Bonchev–Trinajstić information content (AvgIpc) is 3.50. The predicted octanol–water partition coefficient (Wildman–Crippen LogP) is 5.09. The Labute approximate surface area is 239 Å². The monoisotopic (exact) mass is 572 g/mol. The standard InChI is InChI=1S/C27H34Cl2N8O2/c1-3-21-16-36(26-24(29)32-23(27-34-31-18-39-27)25(33-26)30-17-38-4-2)13-14-37(21)22-9-11-35(12-10-22)15-19-5-7-20(28)8-6-19/h5-8,17-18,21-22H,3-4,9-16H2,1-2H3/b30-17-/t21-/m0/s1. The van der Waals surface area contributed by atoms with E-state index in [0.717, 1.165) is 50.7 Å². The van der Waals surface area contributed by atoms with E-state index in [1.165, 1.54) is 31.2 Å². The van der Waals surface area contributed by atoms with Crippen LogP contribution in [0.25, 0.3) is 11.6 Å². The number of anilines is 1. The summed E-state index contributed by atoms with van der Waals surface area (Å²) in [5.74, 6) is 1.15. The van der Waals surface area contributed by atoms with E-state index in [0.29, 0.717) is 36.0 Å². The maximum Gasteiger partial charge on any atom is 0.270 e. The van der Waals surface area contributed by atoms with E-state index in [9.17, 15) is 0 Å². The fourth-order valence-electron chi connectivity index (χ4n) is 5.43. The number of piperidine rings is 1. The smallest absolute Gasteiger partial charge is 0.270 e. The van der Waals surface area contributed by atoms with Crippen LogP contribution in [0.1, 0.15) is 38.7 Å². The highest BCUT2D eigenvalue weighted by Crippen LogP contribution is 2.34. The largest absolute Gasteiger partial charge is 0.483 e. The number of hydrogen-bond donors (Lipinski definition) is 0. The van der Waals surface area contributed by atoms with Gasteiger partial charge in [-0.05, 0) is 57.0 Å². The maximum absolute atomic E-state index is 6.67. The molecule has 2 aliphatic heterocycles. The topological polar surface area (TPSA) is 96.0 Å². The van der Waals surface area contributed by atoms with Crippen LogP contribution in [0.5, 0.6) is 0 Å². The van der Waals surface area contributed by atoms with E-state index in [1.54, 1.807) is 0 Å². The summed E-state index contributed by atoms with van der Waals surface area (Å²) in [5.41, 5.74) is 1.64. The summed E-state index contributed by atoms with van der Waals surface area (Å²) in [6.07, 6.45) is 5.97. The van der Waals surface area contributed by atoms with Crippen LogP contribution in [0, 0.1) is 0 Å². The van der Waals surface area contributed by atoms with Crippen LogP contribution in [-0.4, -0.2) is 87.8 Å². The summed E-state index contributed by atoms with van der Waals surface area (Å²) >= 11 is 12.7. The van der Waals surface area contributed by atoms with Gasteiger partial charge in [-0.1, -0.05) is 42.3 Å². The van der Waals surface area contributed by atoms with Crippen molar-refractivity contribution in [1.82, 2.24) is 30.0 Å². The third kappa shape index (κ3) is 6.69. The fraction of sp³-hybridized carbons (Fsp3) is 0.519. The van der Waals surface area contributed by atoms with Crippen molar-refractivity contribution in [2.75, 3.05) is 44.2 Å². The lowest BCUT2D eigenvalue weighted by Gasteiger charge is -2.47. The van der Waals surface area contributed by atoms with E-state index < -0.39 is 0 Å². The molecule has 5 rings (SSSR count). The van der Waals surface area contributed by atoms with Gasteiger partial charge in [0.1, 0.15) is 0 Å². The van der Waals surface area contributed by atoms with Gasteiger partial charge in [-0.2, -0.15) is 4.99 Å². The van der Waals surface area contributed by atoms with Crippen molar-refractivity contribution >= 4 is 41.2 Å². The molecule has 1 aromatic carbocycles. The van der Waals surface area contributed by atoms with Crippen LogP contribution in [0.4, 0.5) is 11.6 Å². The van der Waals surface area contributed by atoms with Crippen molar-refractivity contribution in [2.45, 2.75) is 51.7 Å². The molecule has 208 valence electrons. The van der Waals surface area contributed by atoms with Crippen LogP contribution >= 0.6 is 23.2 Å². The number of halogens is 2. The molecule has 0 aliphatic carbocycles. The number of piperazine rings is 1. The van der Waals surface area contributed by atoms with Crippen LogP contribution in [-0.2, 0) is 11.3 Å². The highest BCUT2D eigenvalue weighted by Gasteiger charge is 2.34. The number of rotatable bonds is 9. The van der Waals surface area contributed by atoms with Crippen LogP contribution in [0.2, 0.25) is 10.2 Å². The molecule has 0 unspecified atom stereocenters. The molecule has 2 fully saturated rings. The molecule has 0 bridgehead atoms. The Kier molecular flexibility index (Phi) is 9.28. The molecule has 2 saturated heterocycles. The lowest BCUT2D eigenvalue weighted by Crippen LogP contribution is -2.58. The summed E-state index contributed by atoms with van der Waals surface area (Å²) in [5, 5.41) is 8.78. The van der Waals surface area contributed by atoms with Crippen molar-refractivity contribution < 1.29 is 9.15 Å². The molecule has 2 aromatic heterocycles. The Balaban J connectivity index is 1.25. The molecule has 0 saturated carbocycles. The van der Waals surface area contributed by atoms with Gasteiger partial charge >= 0.3 is 0 Å². The second kappa shape index (κ2) is 13.0. The fourth-order valence-corrected chi connectivity index (χ4v) is 5.81. The van der Waals surface area contributed by atoms with Gasteiger partial charge in [-0.3, -0.25) is 9.80 Å². The number of aliphatic imine (C=N–C) groups is 1. The van der Waals surface area contributed by atoms with Gasteiger partial charge in [-0.25, -0.2) is 9.97 Å². The zero-order chi connectivity index (χ0) is 27.2. The van der Waals surface area contributed by atoms with Gasteiger partial charge < -0.3 is 14.1 Å². The molecule has 3 aromatic rings. The zero-order valence-corrected chi connectivity index (χ0v) is 23.9. The van der Waals surface area contributed by atoms with Gasteiger partial charge in [0.05, 0.1) is 6.61 Å². The quantitative estimate of drug-likeness (QED) is 0.256. The van der Waals surface area contributed by atoms with E-state index in [1.807, 2.05) is 19.1 Å². The molecule has 0 N–H and O–H groups in total. The molecule has 4 heterocycles. The number of ether oxygens (including phenoxy) is 1. The highest BCUT2D eigenvalue weighted by atomic mass is 35.5. The van der Waals surface area contributed by atoms with Crippen LogP contribution in [0.15, 0.2) is 40.1 Å². The summed E-state index contributed by atoms with van der Waals surface area (Å²) in [7, 11) is 0.